The first-order chi connectivity index (χ1) is 10.6. The molecule has 1 amide bonds. The van der Waals surface area contributed by atoms with Crippen LogP contribution >= 0.6 is 39.1 Å². The van der Waals surface area contributed by atoms with E-state index in [2.05, 4.69) is 26.5 Å². The molecule has 7 heteroatoms. The number of ether oxygens (including phenoxy) is 1. The summed E-state index contributed by atoms with van der Waals surface area (Å²) in [5.74, 6) is 0.139. The van der Waals surface area contributed by atoms with Gasteiger partial charge >= 0.3 is 0 Å². The Labute approximate surface area is 146 Å². The third-order valence-corrected chi connectivity index (χ3v) is 3.75. The Hall–Kier alpha value is -1.56. The van der Waals surface area contributed by atoms with E-state index >= 15 is 0 Å². The molecule has 0 atom stereocenters. The maximum absolute atomic E-state index is 11.6. The van der Waals surface area contributed by atoms with Gasteiger partial charge in [-0.15, -0.1) is 0 Å². The first-order valence-electron chi connectivity index (χ1n) is 6.20. The van der Waals surface area contributed by atoms with Crippen LogP contribution in [0.15, 0.2) is 52.0 Å². The Balaban J connectivity index is 1.84. The molecule has 0 unspecified atom stereocenters. The molecule has 4 nitrogen and oxygen atoms in total. The lowest BCUT2D eigenvalue weighted by Crippen LogP contribution is -2.24. The lowest BCUT2D eigenvalue weighted by atomic mass is 10.2. The van der Waals surface area contributed by atoms with Crippen LogP contribution in [0.1, 0.15) is 5.56 Å². The molecule has 2 aromatic rings. The summed E-state index contributed by atoms with van der Waals surface area (Å²) in [4.78, 5) is 11.6. The number of carbonyl (C=O) groups excluding carboxylic acids is 1. The Morgan fingerprint density at radius 1 is 1.27 bits per heavy atom. The quantitative estimate of drug-likeness (QED) is 0.600. The second-order valence-corrected chi connectivity index (χ2v) is 5.88. The van der Waals surface area contributed by atoms with Gasteiger partial charge in [0.25, 0.3) is 5.91 Å². The van der Waals surface area contributed by atoms with E-state index in [-0.39, 0.29) is 12.5 Å². The summed E-state index contributed by atoms with van der Waals surface area (Å²) in [6.45, 7) is -0.167. The van der Waals surface area contributed by atoms with Gasteiger partial charge in [-0.2, -0.15) is 5.10 Å². The predicted molar refractivity (Wildman–Crippen MR) is 91.8 cm³/mol. The highest BCUT2D eigenvalue weighted by atomic mass is 79.9. The van der Waals surface area contributed by atoms with Crippen molar-refractivity contribution in [2.75, 3.05) is 6.61 Å². The SMILES string of the molecule is O=C(COc1ccc(Cl)cc1Br)N/N=C\c1ccccc1Cl. The number of hydrogen-bond acceptors (Lipinski definition) is 3. The number of rotatable bonds is 5. The number of nitrogens with one attached hydrogen (secondary N) is 1. The number of amides is 1. The van der Waals surface area contributed by atoms with Gasteiger partial charge < -0.3 is 4.74 Å². The number of nitrogens with zero attached hydrogens (tertiary/aromatic N) is 1. The maximum atomic E-state index is 11.6. The second-order valence-electron chi connectivity index (χ2n) is 4.18. The average molecular weight is 402 g/mol. The van der Waals surface area contributed by atoms with Crippen molar-refractivity contribution in [1.29, 1.82) is 0 Å². The smallest absolute Gasteiger partial charge is 0.277 e. The van der Waals surface area contributed by atoms with Gasteiger partial charge in [0.15, 0.2) is 6.61 Å². The summed E-state index contributed by atoms with van der Waals surface area (Å²) in [5.41, 5.74) is 3.08. The normalized spacial score (nSPS) is 10.7. The van der Waals surface area contributed by atoms with Gasteiger partial charge in [0, 0.05) is 15.6 Å². The second kappa shape index (κ2) is 8.17. The number of benzene rings is 2. The van der Waals surface area contributed by atoms with E-state index in [0.717, 1.165) is 0 Å². The third kappa shape index (κ3) is 5.02. The number of halogens is 3. The molecule has 0 bridgehead atoms. The Morgan fingerprint density at radius 2 is 2.05 bits per heavy atom. The zero-order chi connectivity index (χ0) is 15.9. The molecule has 0 saturated heterocycles. The Morgan fingerprint density at radius 3 is 2.77 bits per heavy atom. The predicted octanol–water partition coefficient (Wildman–Crippen LogP) is 4.29. The van der Waals surface area contributed by atoms with E-state index in [1.807, 2.05) is 12.1 Å². The van der Waals surface area contributed by atoms with Crippen LogP contribution in [-0.4, -0.2) is 18.7 Å². The molecule has 0 aliphatic rings. The summed E-state index contributed by atoms with van der Waals surface area (Å²) >= 11 is 15.1. The van der Waals surface area contributed by atoms with Crippen molar-refractivity contribution in [3.8, 4) is 5.75 Å². The Bertz CT molecular complexity index is 708. The zero-order valence-corrected chi connectivity index (χ0v) is 14.3. The molecule has 0 spiro atoms. The van der Waals surface area contributed by atoms with Crippen molar-refractivity contribution in [3.63, 3.8) is 0 Å². The van der Waals surface area contributed by atoms with Crippen LogP contribution < -0.4 is 10.2 Å². The van der Waals surface area contributed by atoms with Crippen LogP contribution in [0.25, 0.3) is 0 Å². The van der Waals surface area contributed by atoms with Gasteiger partial charge in [-0.05, 0) is 40.2 Å². The highest BCUT2D eigenvalue weighted by Gasteiger charge is 2.05. The van der Waals surface area contributed by atoms with E-state index in [1.54, 1.807) is 30.3 Å². The molecule has 2 rings (SSSR count). The summed E-state index contributed by atoms with van der Waals surface area (Å²) in [6.07, 6.45) is 1.47. The number of hydrogen-bond donors (Lipinski definition) is 1. The molecule has 0 saturated carbocycles. The van der Waals surface area contributed by atoms with Gasteiger partial charge in [0.2, 0.25) is 0 Å². The molecule has 22 heavy (non-hydrogen) atoms. The van der Waals surface area contributed by atoms with Gasteiger partial charge in [0.05, 0.1) is 10.7 Å². The van der Waals surface area contributed by atoms with Crippen molar-refractivity contribution in [1.82, 2.24) is 5.43 Å². The number of carbonyl (C=O) groups is 1. The first kappa shape index (κ1) is 16.8. The summed E-state index contributed by atoms with van der Waals surface area (Å²) in [5, 5.41) is 4.96. The van der Waals surface area contributed by atoms with E-state index in [9.17, 15) is 4.79 Å². The van der Waals surface area contributed by atoms with E-state index in [4.69, 9.17) is 27.9 Å². The molecule has 0 heterocycles. The van der Waals surface area contributed by atoms with Crippen LogP contribution in [0, 0.1) is 0 Å². The minimum absolute atomic E-state index is 0.167. The summed E-state index contributed by atoms with van der Waals surface area (Å²) in [7, 11) is 0. The fraction of sp³-hybridized carbons (Fsp3) is 0.0667. The molecule has 0 aromatic heterocycles. The van der Waals surface area contributed by atoms with Crippen LogP contribution in [-0.2, 0) is 4.79 Å². The number of hydrazone groups is 1. The van der Waals surface area contributed by atoms with Crippen LogP contribution in [0.5, 0.6) is 5.75 Å². The van der Waals surface area contributed by atoms with Gasteiger partial charge in [0.1, 0.15) is 5.75 Å². The fourth-order valence-corrected chi connectivity index (χ4v) is 2.50. The summed E-state index contributed by atoms with van der Waals surface area (Å²) < 4.78 is 6.04. The summed E-state index contributed by atoms with van der Waals surface area (Å²) in [6, 6.07) is 12.2. The molecule has 1 N–H and O–H groups in total. The van der Waals surface area contributed by atoms with Gasteiger partial charge in [-0.25, -0.2) is 5.43 Å². The molecule has 114 valence electrons. The van der Waals surface area contributed by atoms with Crippen LogP contribution in [0.3, 0.4) is 0 Å². The maximum Gasteiger partial charge on any atom is 0.277 e. The lowest BCUT2D eigenvalue weighted by Gasteiger charge is -2.07. The fourth-order valence-electron chi connectivity index (χ4n) is 1.52. The van der Waals surface area contributed by atoms with Crippen molar-refractivity contribution in [3.05, 3.63) is 62.5 Å². The minimum atomic E-state index is -0.384. The van der Waals surface area contributed by atoms with Crippen molar-refractivity contribution < 1.29 is 9.53 Å². The molecule has 2 aromatic carbocycles. The van der Waals surface area contributed by atoms with Crippen LogP contribution in [0.4, 0.5) is 0 Å². The van der Waals surface area contributed by atoms with E-state index in [0.29, 0.717) is 25.8 Å². The van der Waals surface area contributed by atoms with E-state index < -0.39 is 0 Å². The van der Waals surface area contributed by atoms with Crippen molar-refractivity contribution in [2.45, 2.75) is 0 Å². The first-order valence-corrected chi connectivity index (χ1v) is 7.75. The topological polar surface area (TPSA) is 50.7 Å². The average Bonchev–Trinajstić information content (AvgIpc) is 2.48. The molecule has 0 aliphatic carbocycles. The highest BCUT2D eigenvalue weighted by molar-refractivity contribution is 9.10. The molecule has 0 aliphatic heterocycles. The standard InChI is InChI=1S/C15H11BrCl2N2O2/c16-12-7-11(17)5-6-14(12)22-9-15(21)20-19-8-10-3-1-2-4-13(10)18/h1-8H,9H2,(H,20,21)/b19-8-. The van der Waals surface area contributed by atoms with Crippen molar-refractivity contribution in [2.24, 2.45) is 5.10 Å². The monoisotopic (exact) mass is 400 g/mol. The minimum Gasteiger partial charge on any atom is -0.483 e. The van der Waals surface area contributed by atoms with Gasteiger partial charge in [-0.3, -0.25) is 4.79 Å². The van der Waals surface area contributed by atoms with Crippen molar-refractivity contribution >= 4 is 51.3 Å². The lowest BCUT2D eigenvalue weighted by molar-refractivity contribution is -0.123. The Kier molecular flexibility index (Phi) is 6.24. The molecular formula is C15H11BrCl2N2O2. The molecular weight excluding hydrogens is 391 g/mol. The van der Waals surface area contributed by atoms with Gasteiger partial charge in [-0.1, -0.05) is 41.4 Å². The van der Waals surface area contributed by atoms with Crippen LogP contribution in [0.2, 0.25) is 10.0 Å². The highest BCUT2D eigenvalue weighted by Crippen LogP contribution is 2.27. The molecule has 0 radical (unpaired) electrons. The third-order valence-electron chi connectivity index (χ3n) is 2.55. The van der Waals surface area contributed by atoms with E-state index in [1.165, 1.54) is 6.21 Å². The largest absolute Gasteiger partial charge is 0.483 e. The zero-order valence-electron chi connectivity index (χ0n) is 11.2. The molecule has 0 fully saturated rings.